The lowest BCUT2D eigenvalue weighted by molar-refractivity contribution is -0.137. The van der Waals surface area contributed by atoms with Crippen LogP contribution in [0.3, 0.4) is 0 Å². The molecule has 1 aromatic heterocycles. The van der Waals surface area contributed by atoms with Gasteiger partial charge in [0.2, 0.25) is 0 Å². The number of fused-ring (bicyclic) bond motifs is 2. The van der Waals surface area contributed by atoms with Crippen molar-refractivity contribution in [1.29, 1.82) is 0 Å². The van der Waals surface area contributed by atoms with Gasteiger partial charge in [-0.25, -0.2) is 4.98 Å². The monoisotopic (exact) mass is 388 g/mol. The minimum atomic E-state index is -4.47. The number of allylic oxidation sites excluding steroid dienone is 1. The fourth-order valence-corrected chi connectivity index (χ4v) is 3.64. The summed E-state index contributed by atoms with van der Waals surface area (Å²) in [4.78, 5) is 18.2. The summed E-state index contributed by atoms with van der Waals surface area (Å²) in [5.74, 6) is 0.445. The van der Waals surface area contributed by atoms with Crippen LogP contribution in [-0.2, 0) is 12.7 Å². The number of rotatable bonds is 2. The molecule has 138 valence electrons. The molecule has 1 aliphatic heterocycles. The minimum Gasteiger partial charge on any atom is -0.292 e. The van der Waals surface area contributed by atoms with Crippen LogP contribution in [0.15, 0.2) is 52.2 Å². The second-order valence-corrected chi connectivity index (χ2v) is 7.19. The SMILES string of the molecule is CSc1ccc(/C=C2\CCn3c2nc2cc(C(F)(F)F)ccc2c3=O)cc1. The summed E-state index contributed by atoms with van der Waals surface area (Å²) >= 11 is 1.65. The number of hydrogen-bond acceptors (Lipinski definition) is 3. The highest BCUT2D eigenvalue weighted by Gasteiger charge is 2.31. The highest BCUT2D eigenvalue weighted by molar-refractivity contribution is 7.98. The van der Waals surface area contributed by atoms with Gasteiger partial charge in [-0.3, -0.25) is 9.36 Å². The molecule has 1 aliphatic rings. The molecule has 2 heterocycles. The Morgan fingerprint density at radius 1 is 1.15 bits per heavy atom. The second-order valence-electron chi connectivity index (χ2n) is 6.31. The smallest absolute Gasteiger partial charge is 0.292 e. The lowest BCUT2D eigenvalue weighted by Crippen LogP contribution is -2.21. The summed E-state index contributed by atoms with van der Waals surface area (Å²) in [5, 5.41) is 0.206. The molecule has 2 aromatic carbocycles. The third-order valence-electron chi connectivity index (χ3n) is 4.63. The van der Waals surface area contributed by atoms with Gasteiger partial charge in [-0.2, -0.15) is 13.2 Å². The second kappa shape index (κ2) is 6.56. The zero-order valence-corrected chi connectivity index (χ0v) is 15.2. The molecular weight excluding hydrogens is 373 g/mol. The van der Waals surface area contributed by atoms with Crippen molar-refractivity contribution < 1.29 is 13.2 Å². The first-order chi connectivity index (χ1) is 12.9. The van der Waals surface area contributed by atoms with Gasteiger partial charge >= 0.3 is 6.18 Å². The number of benzene rings is 2. The molecule has 7 heteroatoms. The molecule has 27 heavy (non-hydrogen) atoms. The Balaban J connectivity index is 1.83. The van der Waals surface area contributed by atoms with Crippen LogP contribution in [0.5, 0.6) is 0 Å². The molecule has 4 rings (SSSR count). The predicted molar refractivity (Wildman–Crippen MR) is 102 cm³/mol. The van der Waals surface area contributed by atoms with Crippen molar-refractivity contribution in [2.24, 2.45) is 0 Å². The van der Waals surface area contributed by atoms with E-state index in [2.05, 4.69) is 4.98 Å². The first-order valence-corrected chi connectivity index (χ1v) is 9.56. The van der Waals surface area contributed by atoms with Gasteiger partial charge in [-0.1, -0.05) is 12.1 Å². The first-order valence-electron chi connectivity index (χ1n) is 8.33. The molecule has 0 atom stereocenters. The maximum atomic E-state index is 13.0. The zero-order chi connectivity index (χ0) is 19.2. The summed E-state index contributed by atoms with van der Waals surface area (Å²) < 4.78 is 40.5. The summed E-state index contributed by atoms with van der Waals surface area (Å²) in [6, 6.07) is 11.0. The maximum absolute atomic E-state index is 13.0. The van der Waals surface area contributed by atoms with E-state index >= 15 is 0 Å². The van der Waals surface area contributed by atoms with Crippen LogP contribution in [0.25, 0.3) is 22.6 Å². The summed E-state index contributed by atoms with van der Waals surface area (Å²) in [5.41, 5.74) is 0.789. The number of nitrogens with zero attached hydrogens (tertiary/aromatic N) is 2. The van der Waals surface area contributed by atoms with Crippen LogP contribution >= 0.6 is 11.8 Å². The lowest BCUT2D eigenvalue weighted by Gasteiger charge is -2.09. The lowest BCUT2D eigenvalue weighted by atomic mass is 10.1. The molecule has 0 aliphatic carbocycles. The Hall–Kier alpha value is -2.54. The number of hydrogen-bond donors (Lipinski definition) is 0. The Morgan fingerprint density at radius 2 is 1.89 bits per heavy atom. The van der Waals surface area contributed by atoms with Crippen molar-refractivity contribution in [3.8, 4) is 0 Å². The van der Waals surface area contributed by atoms with E-state index in [4.69, 9.17) is 0 Å². The zero-order valence-electron chi connectivity index (χ0n) is 14.4. The average molecular weight is 388 g/mol. The average Bonchev–Trinajstić information content (AvgIpc) is 3.04. The first kappa shape index (κ1) is 17.9. The van der Waals surface area contributed by atoms with Gasteiger partial charge in [0.05, 0.1) is 16.5 Å². The Labute approximate surface area is 157 Å². The third-order valence-corrected chi connectivity index (χ3v) is 5.37. The van der Waals surface area contributed by atoms with Crippen molar-refractivity contribution >= 4 is 34.3 Å². The minimum absolute atomic E-state index is 0.0756. The molecule has 3 nitrogen and oxygen atoms in total. The molecule has 0 unspecified atom stereocenters. The van der Waals surface area contributed by atoms with E-state index in [1.807, 2.05) is 36.6 Å². The van der Waals surface area contributed by atoms with Crippen LogP contribution in [-0.4, -0.2) is 15.8 Å². The van der Waals surface area contributed by atoms with Crippen LogP contribution in [0.2, 0.25) is 0 Å². The topological polar surface area (TPSA) is 34.9 Å². The van der Waals surface area contributed by atoms with Crippen LogP contribution in [0, 0.1) is 0 Å². The number of aromatic nitrogens is 2. The van der Waals surface area contributed by atoms with Crippen molar-refractivity contribution in [3.05, 3.63) is 69.8 Å². The fourth-order valence-electron chi connectivity index (χ4n) is 3.23. The molecule has 0 saturated heterocycles. The van der Waals surface area contributed by atoms with E-state index in [-0.39, 0.29) is 16.5 Å². The van der Waals surface area contributed by atoms with E-state index in [9.17, 15) is 18.0 Å². The van der Waals surface area contributed by atoms with E-state index < -0.39 is 11.7 Å². The molecule has 0 radical (unpaired) electrons. The molecule has 0 bridgehead atoms. The Kier molecular flexibility index (Phi) is 4.34. The van der Waals surface area contributed by atoms with Crippen molar-refractivity contribution in [1.82, 2.24) is 9.55 Å². The van der Waals surface area contributed by atoms with Gasteiger partial charge in [0, 0.05) is 11.4 Å². The number of halogens is 3. The van der Waals surface area contributed by atoms with Gasteiger partial charge in [-0.05, 0) is 60.2 Å². The number of alkyl halides is 3. The normalized spacial score (nSPS) is 15.5. The third kappa shape index (κ3) is 3.27. The van der Waals surface area contributed by atoms with Gasteiger partial charge in [0.25, 0.3) is 5.56 Å². The van der Waals surface area contributed by atoms with E-state index in [0.29, 0.717) is 18.8 Å². The molecular formula is C20H15F3N2OS. The Morgan fingerprint density at radius 3 is 2.56 bits per heavy atom. The predicted octanol–water partition coefficient (Wildman–Crippen LogP) is 5.08. The quantitative estimate of drug-likeness (QED) is 0.574. The standard InChI is InChI=1S/C20H15F3N2OS/c1-27-15-5-2-12(3-6-15)10-13-8-9-25-18(13)24-17-11-14(20(21,22)23)4-7-16(17)19(25)26/h2-7,10-11H,8-9H2,1H3/b13-10+. The van der Waals surface area contributed by atoms with Crippen LogP contribution in [0.1, 0.15) is 23.4 Å². The fraction of sp³-hybridized carbons (Fsp3) is 0.200. The molecule has 0 spiro atoms. The van der Waals surface area contributed by atoms with Crippen LogP contribution in [0.4, 0.5) is 13.2 Å². The largest absolute Gasteiger partial charge is 0.416 e. The van der Waals surface area contributed by atoms with Crippen molar-refractivity contribution in [2.75, 3.05) is 6.26 Å². The summed E-state index contributed by atoms with van der Waals surface area (Å²) in [6.07, 6.45) is 0.0872. The van der Waals surface area contributed by atoms with Gasteiger partial charge in [0.1, 0.15) is 5.82 Å². The summed E-state index contributed by atoms with van der Waals surface area (Å²) in [6.45, 7) is 0.479. The van der Waals surface area contributed by atoms with Crippen molar-refractivity contribution in [3.63, 3.8) is 0 Å². The number of thioether (sulfide) groups is 1. The Bertz CT molecular complexity index is 1120. The van der Waals surface area contributed by atoms with Gasteiger partial charge in [-0.15, -0.1) is 11.8 Å². The highest BCUT2D eigenvalue weighted by atomic mass is 32.2. The summed E-state index contributed by atoms with van der Waals surface area (Å²) in [7, 11) is 0. The molecule has 0 N–H and O–H groups in total. The molecule has 3 aromatic rings. The van der Waals surface area contributed by atoms with E-state index in [1.54, 1.807) is 11.8 Å². The van der Waals surface area contributed by atoms with E-state index in [0.717, 1.165) is 28.2 Å². The van der Waals surface area contributed by atoms with Gasteiger partial charge < -0.3 is 0 Å². The van der Waals surface area contributed by atoms with Gasteiger partial charge in [0.15, 0.2) is 0 Å². The molecule has 0 fully saturated rings. The van der Waals surface area contributed by atoms with E-state index in [1.165, 1.54) is 10.6 Å². The molecule has 0 saturated carbocycles. The maximum Gasteiger partial charge on any atom is 0.416 e. The van der Waals surface area contributed by atoms with Crippen LogP contribution < -0.4 is 5.56 Å². The van der Waals surface area contributed by atoms with Crippen molar-refractivity contribution in [2.45, 2.75) is 24.0 Å². The molecule has 0 amide bonds. The highest BCUT2D eigenvalue weighted by Crippen LogP contribution is 2.32.